The van der Waals surface area contributed by atoms with Crippen molar-refractivity contribution in [2.45, 2.75) is 12.5 Å². The van der Waals surface area contributed by atoms with Crippen molar-refractivity contribution in [1.82, 2.24) is 4.90 Å². The van der Waals surface area contributed by atoms with Crippen LogP contribution in [0.25, 0.3) is 0 Å². The lowest BCUT2D eigenvalue weighted by Gasteiger charge is -2.34. The van der Waals surface area contributed by atoms with Crippen molar-refractivity contribution in [3.05, 3.63) is 35.6 Å². The molecular weight excluding hydrogens is 253 g/mol. The highest BCUT2D eigenvalue weighted by atomic mass is 19.1. The smallest absolute Gasteiger partial charge is 0.309 e. The van der Waals surface area contributed by atoms with Gasteiger partial charge in [-0.15, -0.1) is 0 Å². The fraction of sp³-hybridized carbons (Fsp3) is 0.385. The van der Waals surface area contributed by atoms with E-state index in [0.717, 1.165) is 0 Å². The van der Waals surface area contributed by atoms with E-state index in [4.69, 9.17) is 5.11 Å². The summed E-state index contributed by atoms with van der Waals surface area (Å²) < 4.78 is 13.5. The second-order valence-electron chi connectivity index (χ2n) is 4.53. The number of nitrogens with zero attached hydrogens (tertiary/aromatic N) is 1. The fourth-order valence-corrected chi connectivity index (χ4v) is 2.21. The van der Waals surface area contributed by atoms with E-state index in [9.17, 15) is 19.1 Å². The van der Waals surface area contributed by atoms with E-state index in [1.807, 2.05) is 0 Å². The molecule has 1 aromatic rings. The molecule has 1 aliphatic rings. The largest absolute Gasteiger partial charge is 0.481 e. The Morgan fingerprint density at radius 2 is 2.00 bits per heavy atom. The number of hydrogen-bond acceptors (Lipinski definition) is 3. The van der Waals surface area contributed by atoms with Crippen molar-refractivity contribution >= 4 is 11.9 Å². The normalized spacial score (nSPS) is 23.2. The minimum Gasteiger partial charge on any atom is -0.481 e. The maximum atomic E-state index is 13.5. The third-order valence-electron chi connectivity index (χ3n) is 3.29. The SMILES string of the molecule is O=C(O)[C@H]1CCN(C(=O)c2ccccc2F)C[C@H]1O. The molecule has 102 valence electrons. The zero-order valence-electron chi connectivity index (χ0n) is 10.1. The molecule has 0 bridgehead atoms. The molecule has 0 saturated carbocycles. The van der Waals surface area contributed by atoms with Crippen LogP contribution < -0.4 is 0 Å². The highest BCUT2D eigenvalue weighted by molar-refractivity contribution is 5.94. The number of rotatable bonds is 2. The van der Waals surface area contributed by atoms with Gasteiger partial charge >= 0.3 is 5.97 Å². The van der Waals surface area contributed by atoms with E-state index in [2.05, 4.69) is 0 Å². The van der Waals surface area contributed by atoms with E-state index in [1.54, 1.807) is 6.07 Å². The van der Waals surface area contributed by atoms with E-state index in [1.165, 1.54) is 23.1 Å². The Balaban J connectivity index is 2.11. The van der Waals surface area contributed by atoms with Gasteiger partial charge < -0.3 is 15.1 Å². The molecule has 6 heteroatoms. The van der Waals surface area contributed by atoms with Gasteiger partial charge in [0, 0.05) is 13.1 Å². The fourth-order valence-electron chi connectivity index (χ4n) is 2.21. The predicted molar refractivity (Wildman–Crippen MR) is 64.1 cm³/mol. The minimum absolute atomic E-state index is 0.0662. The third kappa shape index (κ3) is 2.73. The molecule has 1 amide bonds. The number of hydrogen-bond donors (Lipinski definition) is 2. The number of carboxylic acids is 1. The Bertz CT molecular complexity index is 505. The molecule has 0 aliphatic carbocycles. The third-order valence-corrected chi connectivity index (χ3v) is 3.29. The Labute approximate surface area is 109 Å². The van der Waals surface area contributed by atoms with Crippen LogP contribution in [0.1, 0.15) is 16.8 Å². The molecule has 2 N–H and O–H groups in total. The monoisotopic (exact) mass is 267 g/mol. The number of benzene rings is 1. The van der Waals surface area contributed by atoms with Gasteiger partial charge in [-0.25, -0.2) is 4.39 Å². The van der Waals surface area contributed by atoms with Crippen LogP contribution in [0.3, 0.4) is 0 Å². The number of carboxylic acid groups (broad SMARTS) is 1. The average molecular weight is 267 g/mol. The van der Waals surface area contributed by atoms with Gasteiger partial charge in [-0.05, 0) is 18.6 Å². The molecule has 5 nitrogen and oxygen atoms in total. The van der Waals surface area contributed by atoms with Crippen LogP contribution in [0.2, 0.25) is 0 Å². The molecule has 2 rings (SSSR count). The summed E-state index contributed by atoms with van der Waals surface area (Å²) in [6, 6.07) is 5.59. The first-order valence-corrected chi connectivity index (χ1v) is 5.95. The zero-order valence-corrected chi connectivity index (χ0v) is 10.1. The highest BCUT2D eigenvalue weighted by Gasteiger charge is 2.35. The second kappa shape index (κ2) is 5.36. The number of carbonyl (C=O) groups is 2. The Kier molecular flexibility index (Phi) is 3.80. The number of aliphatic hydroxyl groups excluding tert-OH is 1. The maximum absolute atomic E-state index is 13.5. The molecule has 0 radical (unpaired) electrons. The summed E-state index contributed by atoms with van der Waals surface area (Å²) in [7, 11) is 0. The van der Waals surface area contributed by atoms with Gasteiger partial charge in [0.2, 0.25) is 0 Å². The van der Waals surface area contributed by atoms with Crippen LogP contribution >= 0.6 is 0 Å². The highest BCUT2D eigenvalue weighted by Crippen LogP contribution is 2.20. The van der Waals surface area contributed by atoms with Gasteiger partial charge in [-0.1, -0.05) is 12.1 Å². The molecule has 19 heavy (non-hydrogen) atoms. The summed E-state index contributed by atoms with van der Waals surface area (Å²) in [5.74, 6) is -3.10. The minimum atomic E-state index is -1.12. The van der Waals surface area contributed by atoms with Crippen molar-refractivity contribution in [3.8, 4) is 0 Å². The van der Waals surface area contributed by atoms with Crippen LogP contribution in [-0.2, 0) is 4.79 Å². The van der Waals surface area contributed by atoms with Gasteiger partial charge in [-0.2, -0.15) is 0 Å². The molecule has 1 heterocycles. The van der Waals surface area contributed by atoms with Gasteiger partial charge in [0.1, 0.15) is 5.82 Å². The lowest BCUT2D eigenvalue weighted by Crippen LogP contribution is -2.48. The first kappa shape index (κ1) is 13.5. The van der Waals surface area contributed by atoms with Gasteiger partial charge in [0.15, 0.2) is 0 Å². The van der Waals surface area contributed by atoms with Crippen molar-refractivity contribution < 1.29 is 24.2 Å². The number of amides is 1. The number of aliphatic carboxylic acids is 1. The molecule has 1 aromatic carbocycles. The van der Waals surface area contributed by atoms with Gasteiger partial charge in [0.25, 0.3) is 5.91 Å². The molecule has 1 aliphatic heterocycles. The molecule has 1 fully saturated rings. The molecule has 0 spiro atoms. The van der Waals surface area contributed by atoms with E-state index in [-0.39, 0.29) is 25.1 Å². The molecule has 1 saturated heterocycles. The zero-order chi connectivity index (χ0) is 14.0. The number of piperidine rings is 1. The summed E-state index contributed by atoms with van der Waals surface area (Å²) in [5.41, 5.74) is -0.0662. The Morgan fingerprint density at radius 3 is 2.58 bits per heavy atom. The van der Waals surface area contributed by atoms with Crippen LogP contribution in [0.5, 0.6) is 0 Å². The predicted octanol–water partition coefficient (Wildman–Crippen LogP) is 0.733. The van der Waals surface area contributed by atoms with Crippen LogP contribution in [0.15, 0.2) is 24.3 Å². The number of aliphatic hydroxyl groups is 1. The Hall–Kier alpha value is -1.95. The van der Waals surface area contributed by atoms with Crippen molar-refractivity contribution in [1.29, 1.82) is 0 Å². The summed E-state index contributed by atoms with van der Waals surface area (Å²) in [6.45, 7) is 0.103. The summed E-state index contributed by atoms with van der Waals surface area (Å²) in [6.07, 6.45) is -0.960. The van der Waals surface area contributed by atoms with Gasteiger partial charge in [-0.3, -0.25) is 9.59 Å². The summed E-state index contributed by atoms with van der Waals surface area (Å²) >= 11 is 0. The van der Waals surface area contributed by atoms with Crippen LogP contribution in [0.4, 0.5) is 4.39 Å². The summed E-state index contributed by atoms with van der Waals surface area (Å²) in [4.78, 5) is 24.2. The molecule has 2 atom stereocenters. The van der Waals surface area contributed by atoms with Crippen LogP contribution in [0, 0.1) is 11.7 Å². The van der Waals surface area contributed by atoms with E-state index < -0.39 is 29.7 Å². The van der Waals surface area contributed by atoms with E-state index >= 15 is 0 Å². The van der Waals surface area contributed by atoms with Crippen molar-refractivity contribution in [2.75, 3.05) is 13.1 Å². The van der Waals surface area contributed by atoms with E-state index in [0.29, 0.717) is 0 Å². The lowest BCUT2D eigenvalue weighted by atomic mass is 9.93. The average Bonchev–Trinajstić information content (AvgIpc) is 2.38. The second-order valence-corrected chi connectivity index (χ2v) is 4.53. The van der Waals surface area contributed by atoms with Crippen LogP contribution in [-0.4, -0.2) is 46.2 Å². The molecule has 0 aromatic heterocycles. The standard InChI is InChI=1S/C13H14FNO4/c14-10-4-2-1-3-8(10)12(17)15-6-5-9(13(18)19)11(16)7-15/h1-4,9,11,16H,5-7H2,(H,18,19)/t9-,11+/m0/s1. The maximum Gasteiger partial charge on any atom is 0.309 e. The topological polar surface area (TPSA) is 77.8 Å². The molecular formula is C13H14FNO4. The number of halogens is 1. The number of β-amino-alcohol motifs (C(OH)–C–C–N with tert-alkyl or cyclic N) is 1. The lowest BCUT2D eigenvalue weighted by molar-refractivity contribution is -0.148. The number of likely N-dealkylation sites (tertiary alicyclic amines) is 1. The first-order valence-electron chi connectivity index (χ1n) is 5.95. The first-order chi connectivity index (χ1) is 9.00. The van der Waals surface area contributed by atoms with Gasteiger partial charge in [0.05, 0.1) is 17.6 Å². The Morgan fingerprint density at radius 1 is 1.32 bits per heavy atom. The molecule has 0 unspecified atom stereocenters. The van der Waals surface area contributed by atoms with Crippen molar-refractivity contribution in [3.63, 3.8) is 0 Å². The van der Waals surface area contributed by atoms with Crippen molar-refractivity contribution in [2.24, 2.45) is 5.92 Å². The quantitative estimate of drug-likeness (QED) is 0.828. The summed E-state index contributed by atoms with van der Waals surface area (Å²) in [5, 5.41) is 18.6. The number of carbonyl (C=O) groups excluding carboxylic acids is 1.